The summed E-state index contributed by atoms with van der Waals surface area (Å²) in [7, 11) is -3.84. The SMILES string of the molecule is NS(=O)(=O)c1ccc(NCCC2CCC2)c(F)c1. The third-order valence-corrected chi connectivity index (χ3v) is 4.27. The van der Waals surface area contributed by atoms with E-state index in [0.717, 1.165) is 18.4 Å². The molecule has 1 aliphatic rings. The van der Waals surface area contributed by atoms with E-state index in [0.29, 0.717) is 12.2 Å². The second-order valence-corrected chi connectivity index (χ2v) is 6.26. The predicted molar refractivity (Wildman–Crippen MR) is 68.2 cm³/mol. The van der Waals surface area contributed by atoms with Crippen molar-refractivity contribution in [2.24, 2.45) is 11.1 Å². The number of nitrogens with two attached hydrogens (primary N) is 1. The van der Waals surface area contributed by atoms with Crippen LogP contribution in [0.3, 0.4) is 0 Å². The lowest BCUT2D eigenvalue weighted by Crippen LogP contribution is -2.16. The maximum absolute atomic E-state index is 13.6. The summed E-state index contributed by atoms with van der Waals surface area (Å²) in [5.74, 6) is 0.166. The van der Waals surface area contributed by atoms with Crippen molar-refractivity contribution in [1.29, 1.82) is 0 Å². The molecule has 0 unspecified atom stereocenters. The van der Waals surface area contributed by atoms with Crippen molar-refractivity contribution in [3.05, 3.63) is 24.0 Å². The Bertz CT molecular complexity index is 527. The number of primary sulfonamides is 1. The molecule has 1 aliphatic carbocycles. The molecule has 100 valence electrons. The number of anilines is 1. The normalized spacial score (nSPS) is 16.3. The highest BCUT2D eigenvalue weighted by Gasteiger charge is 2.17. The second-order valence-electron chi connectivity index (χ2n) is 4.70. The van der Waals surface area contributed by atoms with Gasteiger partial charge in [-0.05, 0) is 30.5 Å². The molecule has 0 aromatic heterocycles. The van der Waals surface area contributed by atoms with Crippen LogP contribution in [0, 0.1) is 11.7 Å². The Labute approximate surface area is 106 Å². The van der Waals surface area contributed by atoms with Gasteiger partial charge in [0.1, 0.15) is 5.82 Å². The summed E-state index contributed by atoms with van der Waals surface area (Å²) in [5.41, 5.74) is 0.321. The lowest BCUT2D eigenvalue weighted by atomic mass is 9.83. The standard InChI is InChI=1S/C12H17FN2O2S/c13-11-8-10(18(14,16)17)4-5-12(11)15-7-6-9-2-1-3-9/h4-5,8-9,15H,1-3,6-7H2,(H2,14,16,17). The number of hydrogen-bond donors (Lipinski definition) is 2. The molecule has 0 radical (unpaired) electrons. The maximum Gasteiger partial charge on any atom is 0.238 e. The monoisotopic (exact) mass is 272 g/mol. The molecule has 0 atom stereocenters. The first kappa shape index (κ1) is 13.3. The Balaban J connectivity index is 1.96. The van der Waals surface area contributed by atoms with Crippen molar-refractivity contribution in [1.82, 2.24) is 0 Å². The first-order valence-corrected chi connectivity index (χ1v) is 7.57. The largest absolute Gasteiger partial charge is 0.383 e. The molecule has 18 heavy (non-hydrogen) atoms. The van der Waals surface area contributed by atoms with E-state index in [1.165, 1.54) is 31.4 Å². The first-order chi connectivity index (χ1) is 8.47. The number of hydrogen-bond acceptors (Lipinski definition) is 3. The molecule has 2 rings (SSSR count). The predicted octanol–water partition coefficient (Wildman–Crippen LogP) is 2.08. The van der Waals surface area contributed by atoms with Crippen LogP contribution in [-0.2, 0) is 10.0 Å². The Morgan fingerprint density at radius 1 is 1.39 bits per heavy atom. The maximum atomic E-state index is 13.6. The smallest absolute Gasteiger partial charge is 0.238 e. The summed E-state index contributed by atoms with van der Waals surface area (Å²) < 4.78 is 35.7. The highest BCUT2D eigenvalue weighted by atomic mass is 32.2. The van der Waals surface area contributed by atoms with Gasteiger partial charge in [0.2, 0.25) is 10.0 Å². The van der Waals surface area contributed by atoms with Gasteiger partial charge in [-0.1, -0.05) is 19.3 Å². The lowest BCUT2D eigenvalue weighted by Gasteiger charge is -2.25. The van der Waals surface area contributed by atoms with Gasteiger partial charge in [-0.3, -0.25) is 0 Å². The van der Waals surface area contributed by atoms with Gasteiger partial charge in [-0.15, -0.1) is 0 Å². The highest BCUT2D eigenvalue weighted by Crippen LogP contribution is 2.29. The average molecular weight is 272 g/mol. The van der Waals surface area contributed by atoms with Gasteiger partial charge in [0.15, 0.2) is 0 Å². The van der Waals surface area contributed by atoms with Gasteiger partial charge in [0.25, 0.3) is 0 Å². The molecule has 4 nitrogen and oxygen atoms in total. The van der Waals surface area contributed by atoms with Crippen LogP contribution in [0.2, 0.25) is 0 Å². The van der Waals surface area contributed by atoms with Crippen LogP contribution < -0.4 is 10.5 Å². The van der Waals surface area contributed by atoms with Crippen molar-refractivity contribution < 1.29 is 12.8 Å². The van der Waals surface area contributed by atoms with Crippen LogP contribution in [0.5, 0.6) is 0 Å². The molecule has 0 amide bonds. The molecular formula is C12H17FN2O2S. The van der Waals surface area contributed by atoms with Gasteiger partial charge >= 0.3 is 0 Å². The van der Waals surface area contributed by atoms with Gasteiger partial charge < -0.3 is 5.32 Å². The van der Waals surface area contributed by atoms with Crippen molar-refractivity contribution in [2.45, 2.75) is 30.6 Å². The van der Waals surface area contributed by atoms with Crippen molar-refractivity contribution >= 4 is 15.7 Å². The fourth-order valence-corrected chi connectivity index (χ4v) is 2.53. The number of halogens is 1. The molecule has 0 heterocycles. The van der Waals surface area contributed by atoms with Crippen molar-refractivity contribution in [3.63, 3.8) is 0 Å². The third kappa shape index (κ3) is 3.20. The second kappa shape index (κ2) is 5.24. The van der Waals surface area contributed by atoms with Gasteiger partial charge in [-0.2, -0.15) is 0 Å². The van der Waals surface area contributed by atoms with E-state index in [1.807, 2.05) is 0 Å². The van der Waals surface area contributed by atoms with E-state index in [1.54, 1.807) is 0 Å². The van der Waals surface area contributed by atoms with Gasteiger partial charge in [0.05, 0.1) is 10.6 Å². The van der Waals surface area contributed by atoms with Crippen molar-refractivity contribution in [3.8, 4) is 0 Å². The minimum Gasteiger partial charge on any atom is -0.383 e. The first-order valence-electron chi connectivity index (χ1n) is 6.03. The van der Waals surface area contributed by atoms with E-state index < -0.39 is 15.8 Å². The average Bonchev–Trinajstić information content (AvgIpc) is 2.22. The van der Waals surface area contributed by atoms with Crippen LogP contribution >= 0.6 is 0 Å². The van der Waals surface area contributed by atoms with Crippen LogP contribution in [0.1, 0.15) is 25.7 Å². The van der Waals surface area contributed by atoms with Crippen LogP contribution in [0.25, 0.3) is 0 Å². The summed E-state index contributed by atoms with van der Waals surface area (Å²) in [6.07, 6.45) is 4.83. The van der Waals surface area contributed by atoms with Crippen LogP contribution in [0.15, 0.2) is 23.1 Å². The zero-order valence-corrected chi connectivity index (χ0v) is 10.8. The Hall–Kier alpha value is -1.14. The van der Waals surface area contributed by atoms with Gasteiger partial charge in [-0.25, -0.2) is 17.9 Å². The number of sulfonamides is 1. The Morgan fingerprint density at radius 2 is 2.11 bits per heavy atom. The summed E-state index contributed by atoms with van der Waals surface area (Å²) in [4.78, 5) is -0.204. The topological polar surface area (TPSA) is 72.2 Å². The Morgan fingerprint density at radius 3 is 2.61 bits per heavy atom. The molecule has 0 spiro atoms. The third-order valence-electron chi connectivity index (χ3n) is 3.36. The molecule has 1 saturated carbocycles. The molecule has 0 bridgehead atoms. The summed E-state index contributed by atoms with van der Waals surface area (Å²) in [6.45, 7) is 0.705. The molecule has 1 aromatic carbocycles. The van der Waals surface area contributed by atoms with E-state index in [-0.39, 0.29) is 4.90 Å². The van der Waals surface area contributed by atoms with Crippen LogP contribution in [0.4, 0.5) is 10.1 Å². The highest BCUT2D eigenvalue weighted by molar-refractivity contribution is 7.89. The fraction of sp³-hybridized carbons (Fsp3) is 0.500. The van der Waals surface area contributed by atoms with E-state index in [9.17, 15) is 12.8 Å². The number of benzene rings is 1. The van der Waals surface area contributed by atoms with Crippen LogP contribution in [-0.4, -0.2) is 15.0 Å². The molecule has 0 saturated heterocycles. The zero-order chi connectivity index (χ0) is 13.2. The van der Waals surface area contributed by atoms with E-state index >= 15 is 0 Å². The lowest BCUT2D eigenvalue weighted by molar-refractivity contribution is 0.303. The summed E-state index contributed by atoms with van der Waals surface area (Å²) in [6, 6.07) is 3.67. The number of nitrogens with one attached hydrogen (secondary N) is 1. The van der Waals surface area contributed by atoms with Gasteiger partial charge in [0, 0.05) is 6.54 Å². The van der Waals surface area contributed by atoms with Crippen molar-refractivity contribution in [2.75, 3.05) is 11.9 Å². The molecule has 3 N–H and O–H groups in total. The zero-order valence-electron chi connectivity index (χ0n) is 10.0. The molecule has 0 aliphatic heterocycles. The molecule has 6 heteroatoms. The molecule has 1 fully saturated rings. The summed E-state index contributed by atoms with van der Waals surface area (Å²) in [5, 5.41) is 7.91. The molecule has 1 aromatic rings. The number of rotatable bonds is 5. The minimum atomic E-state index is -3.84. The summed E-state index contributed by atoms with van der Waals surface area (Å²) >= 11 is 0. The van der Waals surface area contributed by atoms with E-state index in [4.69, 9.17) is 5.14 Å². The van der Waals surface area contributed by atoms with E-state index in [2.05, 4.69) is 5.32 Å². The minimum absolute atomic E-state index is 0.204. The fourth-order valence-electron chi connectivity index (χ4n) is 2.01. The quantitative estimate of drug-likeness (QED) is 0.862. The Kier molecular flexibility index (Phi) is 3.87. The molecular weight excluding hydrogens is 255 g/mol.